The van der Waals surface area contributed by atoms with Gasteiger partial charge in [0.1, 0.15) is 0 Å². The third-order valence-corrected chi connectivity index (χ3v) is 16.5. The van der Waals surface area contributed by atoms with E-state index in [2.05, 4.69) is 73.8 Å². The first-order chi connectivity index (χ1) is 17.9. The van der Waals surface area contributed by atoms with E-state index in [4.69, 9.17) is 27.8 Å². The number of ether oxygens (including phenoxy) is 4. The Bertz CT molecular complexity index is 1130. The SMILES string of the molecule is CCOc1ccc(C=Cc2cc(OC)c(OC)c(OC)c2)c(O[Si](C)(C)C(C)(C)C)c1O[Si](C)(C)C(C)(C)C. The molecule has 0 aliphatic heterocycles. The molecule has 0 amide bonds. The zero-order chi connectivity index (χ0) is 29.8. The first-order valence-electron chi connectivity index (χ1n) is 13.6. The molecular formula is C31H50O6Si2. The molecule has 0 unspecified atom stereocenters. The molecule has 0 aromatic heterocycles. The zero-order valence-corrected chi connectivity index (χ0v) is 28.6. The van der Waals surface area contributed by atoms with Crippen LogP contribution in [0, 0.1) is 0 Å². The van der Waals surface area contributed by atoms with Gasteiger partial charge >= 0.3 is 0 Å². The summed E-state index contributed by atoms with van der Waals surface area (Å²) in [5.74, 6) is 3.90. The van der Waals surface area contributed by atoms with Crippen LogP contribution in [0.3, 0.4) is 0 Å². The van der Waals surface area contributed by atoms with Crippen molar-refractivity contribution in [3.05, 3.63) is 35.4 Å². The van der Waals surface area contributed by atoms with Crippen LogP contribution in [0.5, 0.6) is 34.5 Å². The van der Waals surface area contributed by atoms with Crippen molar-refractivity contribution < 1.29 is 27.8 Å². The average molecular weight is 575 g/mol. The van der Waals surface area contributed by atoms with Crippen molar-refractivity contribution >= 4 is 28.8 Å². The van der Waals surface area contributed by atoms with Gasteiger partial charge in [-0.2, -0.15) is 0 Å². The lowest BCUT2D eigenvalue weighted by atomic mass is 10.1. The number of hydrogen-bond donors (Lipinski definition) is 0. The van der Waals surface area contributed by atoms with Crippen molar-refractivity contribution in [1.29, 1.82) is 0 Å². The molecule has 0 fully saturated rings. The van der Waals surface area contributed by atoms with E-state index in [1.54, 1.807) is 21.3 Å². The van der Waals surface area contributed by atoms with Gasteiger partial charge in [0.2, 0.25) is 5.75 Å². The molecule has 39 heavy (non-hydrogen) atoms. The summed E-state index contributed by atoms with van der Waals surface area (Å²) in [6, 6.07) is 7.88. The van der Waals surface area contributed by atoms with Crippen LogP contribution in [0.25, 0.3) is 12.2 Å². The fraction of sp³-hybridized carbons (Fsp3) is 0.548. The highest BCUT2D eigenvalue weighted by Crippen LogP contribution is 2.49. The van der Waals surface area contributed by atoms with E-state index in [0.717, 1.165) is 16.9 Å². The second-order valence-corrected chi connectivity index (χ2v) is 22.2. The van der Waals surface area contributed by atoms with Gasteiger partial charge in [-0.05, 0) is 73.0 Å². The van der Waals surface area contributed by atoms with E-state index >= 15 is 0 Å². The Morgan fingerprint density at radius 1 is 0.641 bits per heavy atom. The molecule has 2 rings (SSSR count). The van der Waals surface area contributed by atoms with Crippen LogP contribution in [0.15, 0.2) is 24.3 Å². The maximum Gasteiger partial charge on any atom is 0.250 e. The van der Waals surface area contributed by atoms with Gasteiger partial charge < -0.3 is 27.8 Å². The molecule has 6 nitrogen and oxygen atoms in total. The van der Waals surface area contributed by atoms with Crippen LogP contribution in [0.1, 0.15) is 59.6 Å². The van der Waals surface area contributed by atoms with Gasteiger partial charge in [0.25, 0.3) is 16.6 Å². The molecule has 0 atom stereocenters. The Kier molecular flexibility index (Phi) is 10.3. The molecular weight excluding hydrogens is 525 g/mol. The Morgan fingerprint density at radius 2 is 1.13 bits per heavy atom. The summed E-state index contributed by atoms with van der Waals surface area (Å²) >= 11 is 0. The van der Waals surface area contributed by atoms with Gasteiger partial charge in [0, 0.05) is 5.56 Å². The van der Waals surface area contributed by atoms with Crippen LogP contribution in [-0.4, -0.2) is 44.6 Å². The highest BCUT2D eigenvalue weighted by Gasteiger charge is 2.43. The first kappa shape index (κ1) is 32.6. The summed E-state index contributed by atoms with van der Waals surface area (Å²) in [6.07, 6.45) is 4.08. The molecule has 8 heteroatoms. The molecule has 2 aromatic carbocycles. The Balaban J connectivity index is 2.80. The molecule has 0 saturated carbocycles. The molecule has 218 valence electrons. The van der Waals surface area contributed by atoms with Gasteiger partial charge in [-0.15, -0.1) is 0 Å². The summed E-state index contributed by atoms with van der Waals surface area (Å²) in [6.45, 7) is 25.0. The maximum absolute atomic E-state index is 7.02. The fourth-order valence-electron chi connectivity index (χ4n) is 3.36. The minimum absolute atomic E-state index is 0.000558. The topological polar surface area (TPSA) is 55.4 Å². The number of benzene rings is 2. The molecule has 0 N–H and O–H groups in total. The van der Waals surface area contributed by atoms with Crippen molar-refractivity contribution in [2.75, 3.05) is 27.9 Å². The lowest BCUT2D eigenvalue weighted by molar-refractivity contribution is 0.320. The monoisotopic (exact) mass is 574 g/mol. The Morgan fingerprint density at radius 3 is 1.54 bits per heavy atom. The number of hydrogen-bond acceptors (Lipinski definition) is 6. The second-order valence-electron chi connectivity index (χ2n) is 12.8. The minimum atomic E-state index is -2.24. The third-order valence-electron chi connectivity index (χ3n) is 7.88. The van der Waals surface area contributed by atoms with E-state index < -0.39 is 16.6 Å². The van der Waals surface area contributed by atoms with Crippen molar-refractivity contribution in [3.8, 4) is 34.5 Å². The molecule has 0 radical (unpaired) electrons. The summed E-state index contributed by atoms with van der Waals surface area (Å²) in [4.78, 5) is 0. The minimum Gasteiger partial charge on any atom is -0.541 e. The largest absolute Gasteiger partial charge is 0.541 e. The predicted molar refractivity (Wildman–Crippen MR) is 168 cm³/mol. The van der Waals surface area contributed by atoms with Crippen molar-refractivity contribution in [3.63, 3.8) is 0 Å². The highest BCUT2D eigenvalue weighted by molar-refractivity contribution is 6.75. The highest BCUT2D eigenvalue weighted by atomic mass is 28.4. The van der Waals surface area contributed by atoms with E-state index in [0.29, 0.717) is 35.4 Å². The third kappa shape index (κ3) is 7.54. The molecule has 0 heterocycles. The average Bonchev–Trinajstić information content (AvgIpc) is 2.83. The van der Waals surface area contributed by atoms with E-state index in [1.165, 1.54) is 0 Å². The van der Waals surface area contributed by atoms with Crippen molar-refractivity contribution in [2.24, 2.45) is 0 Å². The van der Waals surface area contributed by atoms with E-state index in [-0.39, 0.29) is 10.1 Å². The molecule has 0 aliphatic carbocycles. The summed E-state index contributed by atoms with van der Waals surface area (Å²) in [5.41, 5.74) is 1.83. The Hall–Kier alpha value is -2.59. The smallest absolute Gasteiger partial charge is 0.250 e. The summed E-state index contributed by atoms with van der Waals surface area (Å²) in [5, 5.41) is 0.00728. The van der Waals surface area contributed by atoms with Crippen LogP contribution in [-0.2, 0) is 0 Å². The maximum atomic E-state index is 7.02. The molecule has 0 saturated heterocycles. The van der Waals surface area contributed by atoms with Gasteiger partial charge in [-0.25, -0.2) is 0 Å². The van der Waals surface area contributed by atoms with Gasteiger partial charge in [0.15, 0.2) is 28.7 Å². The molecule has 0 aliphatic rings. The first-order valence-corrected chi connectivity index (χ1v) is 19.4. The fourth-order valence-corrected chi connectivity index (χ4v) is 5.40. The van der Waals surface area contributed by atoms with Crippen molar-refractivity contribution in [2.45, 2.75) is 84.7 Å². The molecule has 2 aromatic rings. The number of rotatable bonds is 11. The molecule has 0 bridgehead atoms. The lowest BCUT2D eigenvalue weighted by Crippen LogP contribution is -2.46. The standard InChI is InChI=1S/C31H50O6Si2/c1-15-35-24-19-18-23(17-16-22-20-25(32-8)28(34-10)26(21-22)33-9)27(36-38(11,12)30(2,3)4)29(24)37-39(13,14)31(5,6)7/h16-21H,15H2,1-14H3. The van der Waals surface area contributed by atoms with Crippen LogP contribution >= 0.6 is 0 Å². The lowest BCUT2D eigenvalue weighted by Gasteiger charge is -2.40. The number of methoxy groups -OCH3 is 3. The summed E-state index contributed by atoms with van der Waals surface area (Å²) in [7, 11) is 0.381. The predicted octanol–water partition coefficient (Wildman–Crippen LogP) is 9.05. The van der Waals surface area contributed by atoms with Gasteiger partial charge in [-0.1, -0.05) is 53.7 Å². The van der Waals surface area contributed by atoms with Gasteiger partial charge in [0.05, 0.1) is 27.9 Å². The van der Waals surface area contributed by atoms with E-state index in [1.807, 2.05) is 37.3 Å². The molecule has 0 spiro atoms. The van der Waals surface area contributed by atoms with Gasteiger partial charge in [-0.3, -0.25) is 0 Å². The zero-order valence-electron chi connectivity index (χ0n) is 26.6. The Labute approximate surface area is 238 Å². The quantitative estimate of drug-likeness (QED) is 0.197. The summed E-state index contributed by atoms with van der Waals surface area (Å²) < 4.78 is 36.7. The second kappa shape index (κ2) is 12.3. The normalized spacial score (nSPS) is 12.9. The van der Waals surface area contributed by atoms with Crippen LogP contribution in [0.2, 0.25) is 36.3 Å². The van der Waals surface area contributed by atoms with Crippen molar-refractivity contribution in [1.82, 2.24) is 0 Å². The van der Waals surface area contributed by atoms with Crippen LogP contribution in [0.4, 0.5) is 0 Å². The van der Waals surface area contributed by atoms with Crippen LogP contribution < -0.4 is 27.8 Å². The van der Waals surface area contributed by atoms with E-state index in [9.17, 15) is 0 Å².